The predicted octanol–water partition coefficient (Wildman–Crippen LogP) is 1.62. The molecule has 0 unspecified atom stereocenters. The number of carbonyl (C=O) groups is 1. The highest BCUT2D eigenvalue weighted by atomic mass is 16.7. The van der Waals surface area contributed by atoms with Gasteiger partial charge >= 0.3 is 6.09 Å². The second-order valence-electron chi connectivity index (χ2n) is 5.17. The van der Waals surface area contributed by atoms with Gasteiger partial charge < -0.3 is 28.6 Å². The van der Waals surface area contributed by atoms with Crippen molar-refractivity contribution in [2.75, 3.05) is 40.9 Å². The molecule has 1 aliphatic rings. The lowest BCUT2D eigenvalue weighted by molar-refractivity contribution is -0.139. The maximum Gasteiger partial charge on any atom is 0.410 e. The van der Waals surface area contributed by atoms with Gasteiger partial charge in [0.15, 0.2) is 0 Å². The van der Waals surface area contributed by atoms with E-state index < -0.39 is 0 Å². The maximum atomic E-state index is 12.2. The Labute approximate surface area is 136 Å². The van der Waals surface area contributed by atoms with Gasteiger partial charge in [0.05, 0.1) is 13.1 Å². The highest BCUT2D eigenvalue weighted by Gasteiger charge is 2.37. The number of rotatable bonds is 8. The van der Waals surface area contributed by atoms with Crippen LogP contribution in [0.3, 0.4) is 0 Å². The summed E-state index contributed by atoms with van der Waals surface area (Å²) in [5.74, 6) is 0. The molecule has 1 saturated heterocycles. The predicted molar refractivity (Wildman–Crippen MR) is 81.7 cm³/mol. The van der Waals surface area contributed by atoms with Crippen molar-refractivity contribution >= 4 is 6.09 Å². The summed E-state index contributed by atoms with van der Waals surface area (Å²) in [5.41, 5.74) is 0.944. The largest absolute Gasteiger partial charge is 0.445 e. The van der Waals surface area contributed by atoms with E-state index in [4.69, 9.17) is 23.7 Å². The zero-order valence-corrected chi connectivity index (χ0v) is 13.5. The van der Waals surface area contributed by atoms with Crippen LogP contribution in [-0.4, -0.2) is 64.1 Å². The molecule has 128 valence electrons. The second kappa shape index (κ2) is 9.46. The molecule has 0 radical (unpaired) electrons. The lowest BCUT2D eigenvalue weighted by atomic mass is 10.2. The molecule has 1 fully saturated rings. The first kappa shape index (κ1) is 17.7. The van der Waals surface area contributed by atoms with E-state index in [-0.39, 0.29) is 38.5 Å². The molecule has 2 rings (SSSR count). The summed E-state index contributed by atoms with van der Waals surface area (Å²) >= 11 is 0. The minimum Gasteiger partial charge on any atom is -0.445 e. The summed E-state index contributed by atoms with van der Waals surface area (Å²) < 4.78 is 26.3. The van der Waals surface area contributed by atoms with Gasteiger partial charge in [0.2, 0.25) is 0 Å². The molecule has 0 N–H and O–H groups in total. The van der Waals surface area contributed by atoms with E-state index in [0.29, 0.717) is 13.1 Å². The number of ether oxygens (including phenoxy) is 5. The Morgan fingerprint density at radius 1 is 1.04 bits per heavy atom. The van der Waals surface area contributed by atoms with E-state index >= 15 is 0 Å². The van der Waals surface area contributed by atoms with Crippen molar-refractivity contribution in [2.24, 2.45) is 0 Å². The Balaban J connectivity index is 1.84. The van der Waals surface area contributed by atoms with E-state index in [1.165, 1.54) is 0 Å². The van der Waals surface area contributed by atoms with Crippen LogP contribution >= 0.6 is 0 Å². The van der Waals surface area contributed by atoms with Crippen LogP contribution in [0.5, 0.6) is 0 Å². The molecule has 1 heterocycles. The van der Waals surface area contributed by atoms with Crippen molar-refractivity contribution < 1.29 is 28.5 Å². The Kier molecular flexibility index (Phi) is 7.28. The van der Waals surface area contributed by atoms with Crippen molar-refractivity contribution in [3.05, 3.63) is 35.9 Å². The Bertz CT molecular complexity index is 453. The average Bonchev–Trinajstić information content (AvgIpc) is 3.00. The first-order valence-corrected chi connectivity index (χ1v) is 7.41. The number of carbonyl (C=O) groups excluding carboxylic acids is 1. The third kappa shape index (κ3) is 5.47. The van der Waals surface area contributed by atoms with Crippen molar-refractivity contribution in [3.8, 4) is 0 Å². The van der Waals surface area contributed by atoms with Gasteiger partial charge in [-0.25, -0.2) is 4.79 Å². The van der Waals surface area contributed by atoms with Crippen LogP contribution in [0.25, 0.3) is 0 Å². The minimum atomic E-state index is -0.386. The van der Waals surface area contributed by atoms with Crippen molar-refractivity contribution in [3.63, 3.8) is 0 Å². The number of likely N-dealkylation sites (tertiary alicyclic amines) is 1. The number of amides is 1. The summed E-state index contributed by atoms with van der Waals surface area (Å²) in [6, 6.07) is 9.55. The molecule has 7 heteroatoms. The van der Waals surface area contributed by atoms with E-state index in [0.717, 1.165) is 5.56 Å². The Morgan fingerprint density at radius 3 is 2.13 bits per heavy atom. The molecule has 23 heavy (non-hydrogen) atoms. The molecule has 0 aromatic heterocycles. The molecular weight excluding hydrogens is 302 g/mol. The minimum absolute atomic E-state index is 0.143. The van der Waals surface area contributed by atoms with E-state index in [2.05, 4.69) is 0 Å². The van der Waals surface area contributed by atoms with Crippen LogP contribution in [0, 0.1) is 0 Å². The van der Waals surface area contributed by atoms with Gasteiger partial charge in [0, 0.05) is 14.2 Å². The van der Waals surface area contributed by atoms with Crippen LogP contribution in [0.1, 0.15) is 5.56 Å². The zero-order valence-electron chi connectivity index (χ0n) is 13.5. The van der Waals surface area contributed by atoms with Crippen molar-refractivity contribution in [2.45, 2.75) is 18.8 Å². The van der Waals surface area contributed by atoms with Gasteiger partial charge in [-0.1, -0.05) is 30.3 Å². The molecule has 1 aromatic carbocycles. The van der Waals surface area contributed by atoms with Crippen LogP contribution in [0.2, 0.25) is 0 Å². The number of nitrogens with zero attached hydrogens (tertiary/aromatic N) is 1. The summed E-state index contributed by atoms with van der Waals surface area (Å²) in [6.45, 7) is 1.31. The fourth-order valence-electron chi connectivity index (χ4n) is 2.33. The van der Waals surface area contributed by atoms with Gasteiger partial charge in [0.1, 0.15) is 32.4 Å². The molecule has 0 bridgehead atoms. The fourth-order valence-corrected chi connectivity index (χ4v) is 2.33. The molecule has 7 nitrogen and oxygen atoms in total. The molecule has 1 aliphatic heterocycles. The molecule has 0 spiro atoms. The van der Waals surface area contributed by atoms with Crippen LogP contribution in [0.15, 0.2) is 30.3 Å². The van der Waals surface area contributed by atoms with E-state index in [1.807, 2.05) is 30.3 Å². The smallest absolute Gasteiger partial charge is 0.410 e. The average molecular weight is 325 g/mol. The normalized spacial score (nSPS) is 20.7. The Morgan fingerprint density at radius 2 is 1.61 bits per heavy atom. The number of methoxy groups -OCH3 is 2. The maximum absolute atomic E-state index is 12.2. The second-order valence-corrected chi connectivity index (χ2v) is 5.17. The SMILES string of the molecule is COCO[C@H]1CN(C(=O)OCc2ccccc2)C[C@H]1OCOC. The molecule has 0 aliphatic carbocycles. The number of hydrogen-bond donors (Lipinski definition) is 0. The van der Waals surface area contributed by atoms with Crippen LogP contribution in [0.4, 0.5) is 4.79 Å². The highest BCUT2D eigenvalue weighted by molar-refractivity contribution is 5.68. The number of benzene rings is 1. The first-order chi connectivity index (χ1) is 11.2. The van der Waals surface area contributed by atoms with Crippen LogP contribution in [-0.2, 0) is 30.3 Å². The molecule has 1 amide bonds. The van der Waals surface area contributed by atoms with Crippen molar-refractivity contribution in [1.29, 1.82) is 0 Å². The summed E-state index contributed by atoms with van der Waals surface area (Å²) in [6.07, 6.45) is -0.924. The summed E-state index contributed by atoms with van der Waals surface area (Å²) in [4.78, 5) is 13.8. The lowest BCUT2D eigenvalue weighted by Gasteiger charge is -2.17. The van der Waals surface area contributed by atoms with Crippen molar-refractivity contribution in [1.82, 2.24) is 4.90 Å². The first-order valence-electron chi connectivity index (χ1n) is 7.41. The third-order valence-electron chi connectivity index (χ3n) is 3.48. The third-order valence-corrected chi connectivity index (χ3v) is 3.48. The Hall–Kier alpha value is -1.67. The van der Waals surface area contributed by atoms with Gasteiger partial charge in [-0.05, 0) is 5.56 Å². The molecular formula is C16H23NO6. The topological polar surface area (TPSA) is 66.5 Å². The number of hydrogen-bond acceptors (Lipinski definition) is 6. The van der Waals surface area contributed by atoms with Crippen LogP contribution < -0.4 is 0 Å². The highest BCUT2D eigenvalue weighted by Crippen LogP contribution is 2.18. The summed E-state index contributed by atoms with van der Waals surface area (Å²) in [7, 11) is 3.09. The van der Waals surface area contributed by atoms with Gasteiger partial charge in [-0.15, -0.1) is 0 Å². The summed E-state index contributed by atoms with van der Waals surface area (Å²) in [5, 5.41) is 0. The van der Waals surface area contributed by atoms with Gasteiger partial charge in [-0.3, -0.25) is 0 Å². The van der Waals surface area contributed by atoms with Gasteiger partial charge in [-0.2, -0.15) is 0 Å². The van der Waals surface area contributed by atoms with E-state index in [1.54, 1.807) is 19.1 Å². The molecule has 2 atom stereocenters. The fraction of sp³-hybridized carbons (Fsp3) is 0.562. The quantitative estimate of drug-likeness (QED) is 0.677. The monoisotopic (exact) mass is 325 g/mol. The molecule has 1 aromatic rings. The molecule has 0 saturated carbocycles. The standard InChI is InChI=1S/C16H23NO6/c1-19-11-22-14-8-17(9-15(14)23-12-20-2)16(18)21-10-13-6-4-3-5-7-13/h3-7,14-15H,8-12H2,1-2H3/t14-,15+. The lowest BCUT2D eigenvalue weighted by Crippen LogP contribution is -2.31. The van der Waals surface area contributed by atoms with Gasteiger partial charge in [0.25, 0.3) is 0 Å². The zero-order chi connectivity index (χ0) is 16.5. The van der Waals surface area contributed by atoms with E-state index in [9.17, 15) is 4.79 Å².